The van der Waals surface area contributed by atoms with Crippen LogP contribution in [0.5, 0.6) is 0 Å². The highest BCUT2D eigenvalue weighted by Gasteiger charge is 2.42. The van der Waals surface area contributed by atoms with Crippen molar-refractivity contribution in [2.45, 2.75) is 44.0 Å². The van der Waals surface area contributed by atoms with Crippen LogP contribution in [-0.4, -0.2) is 68.9 Å². The molecule has 1 saturated heterocycles. The fourth-order valence-electron chi connectivity index (χ4n) is 2.83. The Morgan fingerprint density at radius 2 is 1.82 bits per heavy atom. The summed E-state index contributed by atoms with van der Waals surface area (Å²) in [6, 6.07) is 0. The maximum absolute atomic E-state index is 11.7. The fourth-order valence-corrected chi connectivity index (χ4v) is 2.83. The first-order valence-corrected chi connectivity index (χ1v) is 8.03. The van der Waals surface area contributed by atoms with E-state index in [-0.39, 0.29) is 6.10 Å². The molecule has 7 heteroatoms. The zero-order chi connectivity index (χ0) is 16.0. The maximum Gasteiger partial charge on any atom is 0.309 e. The van der Waals surface area contributed by atoms with Crippen molar-refractivity contribution >= 4 is 11.8 Å². The van der Waals surface area contributed by atoms with Gasteiger partial charge in [-0.2, -0.15) is 0 Å². The molecule has 0 unspecified atom stereocenters. The number of nitrogens with one attached hydrogen (secondary N) is 2. The highest BCUT2D eigenvalue weighted by Crippen LogP contribution is 2.37. The fraction of sp³-hybridized carbons (Fsp3) is 0.867. The molecular formula is C15H27N3O4. The van der Waals surface area contributed by atoms with Gasteiger partial charge in [0.25, 0.3) is 0 Å². The summed E-state index contributed by atoms with van der Waals surface area (Å²) >= 11 is 0. The second-order valence-corrected chi connectivity index (χ2v) is 6.29. The highest BCUT2D eigenvalue weighted by molar-refractivity contribution is 6.35. The Labute approximate surface area is 131 Å². The van der Waals surface area contributed by atoms with Gasteiger partial charge in [0.1, 0.15) is 6.10 Å². The van der Waals surface area contributed by atoms with Crippen molar-refractivity contribution in [3.05, 3.63) is 0 Å². The van der Waals surface area contributed by atoms with Crippen molar-refractivity contribution in [1.82, 2.24) is 15.5 Å². The molecule has 1 aliphatic carbocycles. The van der Waals surface area contributed by atoms with Crippen LogP contribution in [0.2, 0.25) is 0 Å². The zero-order valence-corrected chi connectivity index (χ0v) is 13.5. The minimum absolute atomic E-state index is 0.170. The Kier molecular flexibility index (Phi) is 6.16. The number of hydrogen-bond donors (Lipinski definition) is 2. The van der Waals surface area contributed by atoms with E-state index in [0.29, 0.717) is 26.2 Å². The molecule has 2 amide bonds. The first kappa shape index (κ1) is 17.2. The first-order valence-electron chi connectivity index (χ1n) is 8.03. The molecule has 0 bridgehead atoms. The van der Waals surface area contributed by atoms with Crippen LogP contribution in [0.3, 0.4) is 0 Å². The number of carbonyl (C=O) groups is 2. The number of nitrogens with zero attached hydrogens (tertiary/aromatic N) is 1. The molecule has 0 radical (unpaired) electrons. The second kappa shape index (κ2) is 7.89. The quantitative estimate of drug-likeness (QED) is 0.691. The summed E-state index contributed by atoms with van der Waals surface area (Å²) in [5.41, 5.74) is 0. The molecule has 0 aromatic heterocycles. The standard InChI is InChI=1S/C15H27N3O4/c1-18(2)9-8-16-13(19)14(20)17-10-12-11-21-15(22-12)6-4-3-5-7-15/h12H,3-11H2,1-2H3,(H,16,19)(H,17,20)/t12-/m1/s1. The smallest absolute Gasteiger partial charge is 0.309 e. The van der Waals surface area contributed by atoms with Gasteiger partial charge in [0.2, 0.25) is 0 Å². The van der Waals surface area contributed by atoms with Gasteiger partial charge in [-0.3, -0.25) is 9.59 Å². The molecular weight excluding hydrogens is 286 g/mol. The molecule has 0 aromatic rings. The largest absolute Gasteiger partial charge is 0.347 e. The summed E-state index contributed by atoms with van der Waals surface area (Å²) in [5.74, 6) is -1.66. The van der Waals surface area contributed by atoms with Crippen LogP contribution < -0.4 is 10.6 Å². The molecule has 2 N–H and O–H groups in total. The average Bonchev–Trinajstić information content (AvgIpc) is 2.87. The zero-order valence-electron chi connectivity index (χ0n) is 13.5. The number of amides is 2. The number of rotatable bonds is 5. The molecule has 126 valence electrons. The molecule has 2 fully saturated rings. The van der Waals surface area contributed by atoms with E-state index in [1.54, 1.807) is 0 Å². The van der Waals surface area contributed by atoms with Gasteiger partial charge in [-0.25, -0.2) is 0 Å². The lowest BCUT2D eigenvalue weighted by Gasteiger charge is -2.31. The molecule has 1 aliphatic heterocycles. The van der Waals surface area contributed by atoms with Gasteiger partial charge < -0.3 is 25.0 Å². The molecule has 0 aromatic carbocycles. The lowest BCUT2D eigenvalue weighted by atomic mass is 9.94. The Bertz CT molecular complexity index is 394. The van der Waals surface area contributed by atoms with Crippen molar-refractivity contribution < 1.29 is 19.1 Å². The number of carbonyl (C=O) groups excluding carboxylic acids is 2. The lowest BCUT2D eigenvalue weighted by molar-refractivity contribution is -0.186. The van der Waals surface area contributed by atoms with Crippen LogP contribution >= 0.6 is 0 Å². The summed E-state index contributed by atoms with van der Waals surface area (Å²) in [5, 5.41) is 5.20. The molecule has 1 spiro atoms. The average molecular weight is 313 g/mol. The summed E-state index contributed by atoms with van der Waals surface area (Å²) in [6.07, 6.45) is 5.13. The SMILES string of the molecule is CN(C)CCNC(=O)C(=O)NC[C@@H]1COC2(CCCCC2)O1. The maximum atomic E-state index is 11.7. The molecule has 7 nitrogen and oxygen atoms in total. The minimum atomic E-state index is -0.619. The van der Waals surface area contributed by atoms with E-state index in [1.165, 1.54) is 6.42 Å². The third-order valence-electron chi connectivity index (χ3n) is 4.07. The summed E-state index contributed by atoms with van der Waals surface area (Å²) in [4.78, 5) is 25.3. The van der Waals surface area contributed by atoms with E-state index >= 15 is 0 Å². The topological polar surface area (TPSA) is 79.9 Å². The Morgan fingerprint density at radius 3 is 2.50 bits per heavy atom. The third-order valence-corrected chi connectivity index (χ3v) is 4.07. The molecule has 22 heavy (non-hydrogen) atoms. The van der Waals surface area contributed by atoms with Crippen molar-refractivity contribution in [2.24, 2.45) is 0 Å². The third kappa shape index (κ3) is 4.93. The Hall–Kier alpha value is -1.18. The van der Waals surface area contributed by atoms with E-state index in [1.807, 2.05) is 19.0 Å². The van der Waals surface area contributed by atoms with E-state index in [9.17, 15) is 9.59 Å². The summed E-state index contributed by atoms with van der Waals surface area (Å²) < 4.78 is 11.8. The first-order chi connectivity index (χ1) is 10.5. The minimum Gasteiger partial charge on any atom is -0.347 e. The van der Waals surface area contributed by atoms with Crippen molar-refractivity contribution in [1.29, 1.82) is 0 Å². The number of hydrogen-bond acceptors (Lipinski definition) is 5. The molecule has 1 saturated carbocycles. The van der Waals surface area contributed by atoms with Gasteiger partial charge in [-0.1, -0.05) is 6.42 Å². The Balaban J connectivity index is 1.65. The molecule has 2 rings (SSSR count). The van der Waals surface area contributed by atoms with Gasteiger partial charge in [0, 0.05) is 32.5 Å². The summed E-state index contributed by atoms with van der Waals surface area (Å²) in [6.45, 7) is 1.93. The van der Waals surface area contributed by atoms with Crippen LogP contribution in [0.25, 0.3) is 0 Å². The summed E-state index contributed by atoms with van der Waals surface area (Å²) in [7, 11) is 3.81. The van der Waals surface area contributed by atoms with Crippen molar-refractivity contribution in [3.8, 4) is 0 Å². The van der Waals surface area contributed by atoms with Crippen LogP contribution in [0.15, 0.2) is 0 Å². The number of likely N-dealkylation sites (N-methyl/N-ethyl adjacent to an activating group) is 1. The van der Waals surface area contributed by atoms with Gasteiger partial charge >= 0.3 is 11.8 Å². The van der Waals surface area contributed by atoms with Crippen LogP contribution in [-0.2, 0) is 19.1 Å². The predicted octanol–water partition coefficient (Wildman–Crippen LogP) is -0.144. The molecule has 1 heterocycles. The monoisotopic (exact) mass is 313 g/mol. The van der Waals surface area contributed by atoms with Crippen molar-refractivity contribution in [2.75, 3.05) is 40.3 Å². The molecule has 2 aliphatic rings. The molecule has 1 atom stereocenters. The predicted molar refractivity (Wildman–Crippen MR) is 81.2 cm³/mol. The van der Waals surface area contributed by atoms with Crippen LogP contribution in [0.4, 0.5) is 0 Å². The van der Waals surface area contributed by atoms with Gasteiger partial charge in [-0.15, -0.1) is 0 Å². The van der Waals surface area contributed by atoms with E-state index in [0.717, 1.165) is 25.7 Å². The second-order valence-electron chi connectivity index (χ2n) is 6.29. The van der Waals surface area contributed by atoms with Crippen LogP contribution in [0.1, 0.15) is 32.1 Å². The Morgan fingerprint density at radius 1 is 1.14 bits per heavy atom. The van der Waals surface area contributed by atoms with E-state index < -0.39 is 17.6 Å². The highest BCUT2D eigenvalue weighted by atomic mass is 16.7. The number of ether oxygens (including phenoxy) is 2. The normalized spacial score (nSPS) is 23.7. The van der Waals surface area contributed by atoms with Gasteiger partial charge in [0.15, 0.2) is 5.79 Å². The van der Waals surface area contributed by atoms with Gasteiger partial charge in [-0.05, 0) is 26.9 Å². The van der Waals surface area contributed by atoms with E-state index in [2.05, 4.69) is 10.6 Å². The van der Waals surface area contributed by atoms with Crippen molar-refractivity contribution in [3.63, 3.8) is 0 Å². The van der Waals surface area contributed by atoms with Crippen LogP contribution in [0, 0.1) is 0 Å². The van der Waals surface area contributed by atoms with Gasteiger partial charge in [0.05, 0.1) is 6.61 Å². The lowest BCUT2D eigenvalue weighted by Crippen LogP contribution is -2.45. The van der Waals surface area contributed by atoms with E-state index in [4.69, 9.17) is 9.47 Å².